The molecule has 186 valence electrons. The first kappa shape index (κ1) is 23.6. The number of rotatable bonds is 4. The number of aromatic nitrogens is 2. The van der Waals surface area contributed by atoms with Crippen molar-refractivity contribution in [2.75, 3.05) is 6.54 Å². The highest BCUT2D eigenvalue weighted by Gasteiger charge is 2.44. The molecule has 2 amide bonds. The second-order valence-electron chi connectivity index (χ2n) is 9.46. The molecule has 1 aromatic heterocycles. The maximum Gasteiger partial charge on any atom is 0.410 e. The van der Waals surface area contributed by atoms with E-state index < -0.39 is 23.8 Å². The van der Waals surface area contributed by atoms with Crippen LogP contribution < -0.4 is 0 Å². The van der Waals surface area contributed by atoms with Gasteiger partial charge in [0.25, 0.3) is 5.91 Å². The Morgan fingerprint density at radius 3 is 2.54 bits per heavy atom. The number of ether oxygens (including phenoxy) is 1. The van der Waals surface area contributed by atoms with Gasteiger partial charge in [0.1, 0.15) is 12.4 Å². The Kier molecular flexibility index (Phi) is 6.39. The summed E-state index contributed by atoms with van der Waals surface area (Å²) in [5.41, 5.74) is 1.49. The molecular weight excluding hydrogens is 479 g/mol. The van der Waals surface area contributed by atoms with Gasteiger partial charge in [-0.1, -0.05) is 11.6 Å². The smallest absolute Gasteiger partial charge is 0.410 e. The van der Waals surface area contributed by atoms with E-state index >= 15 is 0 Å². The molecule has 4 heterocycles. The largest absolute Gasteiger partial charge is 0.481 e. The quantitative estimate of drug-likeness (QED) is 0.681. The van der Waals surface area contributed by atoms with Crippen molar-refractivity contribution in [3.05, 3.63) is 52.1 Å². The third kappa shape index (κ3) is 4.84. The first-order valence-electron chi connectivity index (χ1n) is 11.8. The van der Waals surface area contributed by atoms with Crippen molar-refractivity contribution in [1.29, 1.82) is 0 Å². The SMILES string of the molecule is O=C(O)C1CC2CCCC(C1)N2C(=O)c1cc2n(n1)CCN(C(=O)OCc1cc(F)cc(Cl)c1)C2. The number of carboxylic acid groups (broad SMARTS) is 1. The van der Waals surface area contributed by atoms with Crippen LogP contribution in [0.25, 0.3) is 0 Å². The highest BCUT2D eigenvalue weighted by molar-refractivity contribution is 6.30. The normalized spacial score (nSPS) is 23.5. The molecule has 2 unspecified atom stereocenters. The maximum absolute atomic E-state index is 13.5. The molecule has 3 aliphatic rings. The number of benzene rings is 1. The van der Waals surface area contributed by atoms with E-state index in [1.54, 1.807) is 10.7 Å². The van der Waals surface area contributed by atoms with Crippen LogP contribution in [0.2, 0.25) is 5.02 Å². The number of amides is 2. The van der Waals surface area contributed by atoms with Gasteiger partial charge >= 0.3 is 12.1 Å². The van der Waals surface area contributed by atoms with Gasteiger partial charge in [0.2, 0.25) is 0 Å². The molecule has 9 nitrogen and oxygen atoms in total. The molecule has 2 aromatic rings. The minimum absolute atomic E-state index is 0.0855. The molecule has 0 aliphatic carbocycles. The summed E-state index contributed by atoms with van der Waals surface area (Å²) >= 11 is 5.85. The van der Waals surface area contributed by atoms with Crippen molar-refractivity contribution in [3.63, 3.8) is 0 Å². The summed E-state index contributed by atoms with van der Waals surface area (Å²) in [5.74, 6) is -1.88. The van der Waals surface area contributed by atoms with Gasteiger partial charge in [-0.3, -0.25) is 14.3 Å². The van der Waals surface area contributed by atoms with Gasteiger partial charge in [-0.25, -0.2) is 9.18 Å². The highest BCUT2D eigenvalue weighted by Crippen LogP contribution is 2.38. The Balaban J connectivity index is 1.24. The summed E-state index contributed by atoms with van der Waals surface area (Å²) in [5, 5.41) is 14.2. The summed E-state index contributed by atoms with van der Waals surface area (Å²) in [4.78, 5) is 40.9. The van der Waals surface area contributed by atoms with Crippen molar-refractivity contribution in [2.24, 2.45) is 5.92 Å². The predicted molar refractivity (Wildman–Crippen MR) is 122 cm³/mol. The second kappa shape index (κ2) is 9.49. The summed E-state index contributed by atoms with van der Waals surface area (Å²) in [6, 6.07) is 5.51. The average Bonchev–Trinajstić information content (AvgIpc) is 3.24. The van der Waals surface area contributed by atoms with Crippen molar-refractivity contribution >= 4 is 29.6 Å². The molecular formula is C24H26ClFN4O5. The van der Waals surface area contributed by atoms with Crippen LogP contribution in [0.1, 0.15) is 53.8 Å². The highest BCUT2D eigenvalue weighted by atomic mass is 35.5. The number of carbonyl (C=O) groups excluding carboxylic acids is 2. The van der Waals surface area contributed by atoms with Crippen molar-refractivity contribution in [2.45, 2.75) is 63.9 Å². The van der Waals surface area contributed by atoms with Crippen LogP contribution in [-0.4, -0.2) is 61.3 Å². The number of piperidine rings is 2. The van der Waals surface area contributed by atoms with Crippen LogP contribution >= 0.6 is 11.6 Å². The number of hydrogen-bond donors (Lipinski definition) is 1. The van der Waals surface area contributed by atoms with Crippen LogP contribution in [-0.2, 0) is 29.2 Å². The lowest BCUT2D eigenvalue weighted by Crippen LogP contribution is -2.55. The third-order valence-corrected chi connectivity index (χ3v) is 7.34. The molecule has 3 aliphatic heterocycles. The minimum atomic E-state index is -0.793. The number of halogens is 2. The van der Waals surface area contributed by atoms with Crippen LogP contribution in [0.15, 0.2) is 24.3 Å². The molecule has 2 atom stereocenters. The van der Waals surface area contributed by atoms with Crippen LogP contribution in [0.4, 0.5) is 9.18 Å². The van der Waals surface area contributed by atoms with Gasteiger partial charge < -0.3 is 19.6 Å². The van der Waals surface area contributed by atoms with Gasteiger partial charge in [0.15, 0.2) is 5.69 Å². The summed E-state index contributed by atoms with van der Waals surface area (Å²) < 4.78 is 20.6. The topological polar surface area (TPSA) is 105 Å². The fraction of sp³-hybridized carbons (Fsp3) is 0.500. The van der Waals surface area contributed by atoms with E-state index in [2.05, 4.69) is 5.10 Å². The summed E-state index contributed by atoms with van der Waals surface area (Å²) in [7, 11) is 0. The average molecular weight is 505 g/mol. The second-order valence-corrected chi connectivity index (χ2v) is 9.89. The Morgan fingerprint density at radius 2 is 1.86 bits per heavy atom. The maximum atomic E-state index is 13.5. The number of hydrogen-bond acceptors (Lipinski definition) is 5. The summed E-state index contributed by atoms with van der Waals surface area (Å²) in [6.45, 7) is 0.902. The predicted octanol–water partition coefficient (Wildman–Crippen LogP) is 3.69. The molecule has 1 aromatic carbocycles. The number of nitrogens with zero attached hydrogens (tertiary/aromatic N) is 4. The van der Waals surface area contributed by atoms with E-state index in [-0.39, 0.29) is 36.2 Å². The lowest BCUT2D eigenvalue weighted by molar-refractivity contribution is -0.145. The molecule has 0 spiro atoms. The molecule has 0 saturated carbocycles. The van der Waals surface area contributed by atoms with Gasteiger partial charge in [0.05, 0.1) is 24.7 Å². The zero-order valence-electron chi connectivity index (χ0n) is 19.0. The van der Waals surface area contributed by atoms with Gasteiger partial charge in [-0.05, 0) is 61.9 Å². The Bertz CT molecular complexity index is 1140. The zero-order chi connectivity index (χ0) is 24.7. The number of aliphatic carboxylic acids is 1. The van der Waals surface area contributed by atoms with Crippen molar-refractivity contribution in [3.8, 4) is 0 Å². The van der Waals surface area contributed by atoms with E-state index in [4.69, 9.17) is 16.3 Å². The van der Waals surface area contributed by atoms with E-state index in [0.717, 1.165) is 25.0 Å². The lowest BCUT2D eigenvalue weighted by Gasteiger charge is -2.47. The fourth-order valence-electron chi connectivity index (χ4n) is 5.50. The van der Waals surface area contributed by atoms with E-state index in [9.17, 15) is 23.9 Å². The zero-order valence-corrected chi connectivity index (χ0v) is 19.8. The molecule has 35 heavy (non-hydrogen) atoms. The van der Waals surface area contributed by atoms with Gasteiger partial charge in [0, 0.05) is 23.7 Å². The van der Waals surface area contributed by atoms with Crippen LogP contribution in [0.3, 0.4) is 0 Å². The van der Waals surface area contributed by atoms with E-state index in [1.807, 2.05) is 4.90 Å². The molecule has 5 rings (SSSR count). The third-order valence-electron chi connectivity index (χ3n) is 7.12. The monoisotopic (exact) mass is 504 g/mol. The Labute approximate surface area is 206 Å². The number of carbonyl (C=O) groups is 3. The molecule has 2 fully saturated rings. The van der Waals surface area contributed by atoms with Gasteiger partial charge in [-0.15, -0.1) is 0 Å². The van der Waals surface area contributed by atoms with Crippen LogP contribution in [0.5, 0.6) is 0 Å². The molecule has 0 radical (unpaired) electrons. The fourth-order valence-corrected chi connectivity index (χ4v) is 5.75. The van der Waals surface area contributed by atoms with Crippen molar-refractivity contribution in [1.82, 2.24) is 19.6 Å². The minimum Gasteiger partial charge on any atom is -0.481 e. The number of carboxylic acids is 1. The first-order chi connectivity index (χ1) is 16.8. The Hall–Kier alpha value is -3.14. The van der Waals surface area contributed by atoms with Crippen LogP contribution in [0, 0.1) is 11.7 Å². The van der Waals surface area contributed by atoms with Crippen molar-refractivity contribution < 1.29 is 28.6 Å². The van der Waals surface area contributed by atoms with E-state index in [1.165, 1.54) is 23.1 Å². The first-order valence-corrected chi connectivity index (χ1v) is 12.1. The Morgan fingerprint density at radius 1 is 1.11 bits per heavy atom. The van der Waals surface area contributed by atoms with Gasteiger partial charge in [-0.2, -0.15) is 5.10 Å². The standard InChI is InChI=1S/C24H26ClFN4O5/c25-16-6-14(7-17(26)10-16)13-35-24(34)28-4-5-29-20(12-28)11-21(27-29)22(31)30-18-2-1-3-19(30)9-15(8-18)23(32)33/h6-7,10-11,15,18-19H,1-5,8-9,12-13H2,(H,32,33). The number of fused-ring (bicyclic) bond motifs is 3. The summed E-state index contributed by atoms with van der Waals surface area (Å²) in [6.07, 6.45) is 2.99. The van der Waals surface area contributed by atoms with E-state index in [0.29, 0.717) is 37.2 Å². The lowest BCUT2D eigenvalue weighted by atomic mass is 9.78. The molecule has 2 saturated heterocycles. The molecule has 1 N–H and O–H groups in total. The molecule has 2 bridgehead atoms. The molecule has 11 heteroatoms.